The normalized spacial score (nSPS) is 19.0. The predicted octanol–water partition coefficient (Wildman–Crippen LogP) is 1.14. The summed E-state index contributed by atoms with van der Waals surface area (Å²) in [5.74, 6) is -0.116. The van der Waals surface area contributed by atoms with Crippen molar-refractivity contribution in [3.63, 3.8) is 0 Å². The number of allylic oxidation sites excluding steroid dienone is 1. The molecule has 1 aliphatic rings. The minimum Gasteiger partial charge on any atom is -0.267 e. The van der Waals surface area contributed by atoms with Gasteiger partial charge in [0.2, 0.25) is 0 Å². The Morgan fingerprint density at radius 3 is 2.11 bits per heavy atom. The van der Waals surface area contributed by atoms with Crippen LogP contribution in [0.5, 0.6) is 0 Å². The molecule has 2 nitrogen and oxygen atoms in total. The van der Waals surface area contributed by atoms with Gasteiger partial charge in [-0.05, 0) is 19.4 Å². The molecule has 0 N–H and O–H groups in total. The van der Waals surface area contributed by atoms with Crippen LogP contribution in [0, 0.1) is 0 Å². The lowest BCUT2D eigenvalue weighted by Gasteiger charge is -1.88. The summed E-state index contributed by atoms with van der Waals surface area (Å²) in [6.07, 6.45) is 0. The molecule has 0 aromatic heterocycles. The zero-order valence-electron chi connectivity index (χ0n) is 5.43. The first-order chi connectivity index (χ1) is 4.13. The topological polar surface area (TPSA) is 29.4 Å². The van der Waals surface area contributed by atoms with Gasteiger partial charge in [0.25, 0.3) is 5.91 Å². The van der Waals surface area contributed by atoms with Crippen molar-refractivity contribution >= 4 is 20.9 Å². The highest BCUT2D eigenvalue weighted by molar-refractivity contribution is 7.25. The number of rotatable bonds is 0. The highest BCUT2D eigenvalue weighted by atomic mass is 31.0. The standard InChI is InChI=1S/C6H8NOP/c1-3-4(2)7-6(8)5(3)9/h9H2,1-2H3. The number of aliphatic imine (C=N–C) groups is 1. The van der Waals surface area contributed by atoms with Crippen LogP contribution < -0.4 is 0 Å². The maximum Gasteiger partial charge on any atom is 0.277 e. The molecule has 0 aromatic rings. The molecule has 0 fully saturated rings. The van der Waals surface area contributed by atoms with Crippen LogP contribution in [0.25, 0.3) is 0 Å². The fraction of sp³-hybridized carbons (Fsp3) is 0.333. The second-order valence-electron chi connectivity index (χ2n) is 2.04. The van der Waals surface area contributed by atoms with E-state index in [1.807, 2.05) is 13.8 Å². The fourth-order valence-corrected chi connectivity index (χ4v) is 0.925. The largest absolute Gasteiger partial charge is 0.277 e. The molecule has 3 heteroatoms. The highest BCUT2D eigenvalue weighted by Gasteiger charge is 2.15. The van der Waals surface area contributed by atoms with Crippen molar-refractivity contribution in [2.75, 3.05) is 0 Å². The van der Waals surface area contributed by atoms with E-state index in [2.05, 4.69) is 14.2 Å². The summed E-state index contributed by atoms with van der Waals surface area (Å²) in [6.45, 7) is 3.73. The lowest BCUT2D eigenvalue weighted by Crippen LogP contribution is -1.85. The Morgan fingerprint density at radius 2 is 2.00 bits per heavy atom. The van der Waals surface area contributed by atoms with Crippen LogP contribution in [-0.4, -0.2) is 11.6 Å². The molecule has 0 aromatic carbocycles. The van der Waals surface area contributed by atoms with Gasteiger partial charge in [-0.2, -0.15) is 0 Å². The van der Waals surface area contributed by atoms with Crippen LogP contribution in [-0.2, 0) is 4.79 Å². The second kappa shape index (κ2) is 2.03. The van der Waals surface area contributed by atoms with Gasteiger partial charge in [0, 0.05) is 11.0 Å². The maximum absolute atomic E-state index is 10.7. The summed E-state index contributed by atoms with van der Waals surface area (Å²) in [5.41, 5.74) is 1.83. The average molecular weight is 141 g/mol. The SMILES string of the molecule is CC1=NC(=O)C(P)=C1C. The van der Waals surface area contributed by atoms with E-state index in [9.17, 15) is 4.79 Å². The van der Waals surface area contributed by atoms with Crippen molar-refractivity contribution < 1.29 is 4.79 Å². The Kier molecular flexibility index (Phi) is 1.50. The van der Waals surface area contributed by atoms with Gasteiger partial charge in [-0.15, -0.1) is 0 Å². The van der Waals surface area contributed by atoms with Crippen molar-refractivity contribution in [1.29, 1.82) is 0 Å². The number of carbonyl (C=O) groups excluding carboxylic acids is 1. The summed E-state index contributed by atoms with van der Waals surface area (Å²) >= 11 is 0. The second-order valence-corrected chi connectivity index (χ2v) is 2.62. The van der Waals surface area contributed by atoms with Crippen molar-refractivity contribution in [3.05, 3.63) is 10.9 Å². The van der Waals surface area contributed by atoms with Crippen LogP contribution >= 0.6 is 9.24 Å². The maximum atomic E-state index is 10.7. The molecule has 0 spiro atoms. The van der Waals surface area contributed by atoms with E-state index >= 15 is 0 Å². The lowest BCUT2D eigenvalue weighted by atomic mass is 10.2. The van der Waals surface area contributed by atoms with E-state index in [0.29, 0.717) is 5.31 Å². The monoisotopic (exact) mass is 141 g/mol. The van der Waals surface area contributed by atoms with Gasteiger partial charge in [-0.3, -0.25) is 4.79 Å². The molecule has 48 valence electrons. The minimum absolute atomic E-state index is 0.116. The number of hydrogen-bond donors (Lipinski definition) is 0. The number of hydrogen-bond acceptors (Lipinski definition) is 1. The molecule has 9 heavy (non-hydrogen) atoms. The molecule has 0 saturated heterocycles. The number of nitrogens with zero attached hydrogens (tertiary/aromatic N) is 1. The minimum atomic E-state index is -0.116. The van der Waals surface area contributed by atoms with Crippen molar-refractivity contribution in [2.24, 2.45) is 4.99 Å². The number of carbonyl (C=O) groups is 1. The van der Waals surface area contributed by atoms with Crippen molar-refractivity contribution in [1.82, 2.24) is 0 Å². The van der Waals surface area contributed by atoms with Crippen LogP contribution in [0.1, 0.15) is 13.8 Å². The third-order valence-electron chi connectivity index (χ3n) is 1.45. The molecule has 1 atom stereocenters. The Balaban J connectivity index is 3.11. The molecular weight excluding hydrogens is 133 g/mol. The predicted molar refractivity (Wildman–Crippen MR) is 40.5 cm³/mol. The first-order valence-electron chi connectivity index (χ1n) is 2.69. The van der Waals surface area contributed by atoms with Crippen LogP contribution in [0.3, 0.4) is 0 Å². The third-order valence-corrected chi connectivity index (χ3v) is 2.13. The van der Waals surface area contributed by atoms with Crippen LogP contribution in [0.4, 0.5) is 0 Å². The van der Waals surface area contributed by atoms with E-state index in [0.717, 1.165) is 11.3 Å². The van der Waals surface area contributed by atoms with E-state index < -0.39 is 0 Å². The summed E-state index contributed by atoms with van der Waals surface area (Å²) in [4.78, 5) is 14.5. The molecule has 1 rings (SSSR count). The van der Waals surface area contributed by atoms with Crippen molar-refractivity contribution in [3.8, 4) is 0 Å². The Labute approximate surface area is 56.3 Å². The van der Waals surface area contributed by atoms with Gasteiger partial charge in [0.1, 0.15) is 0 Å². The zero-order chi connectivity index (χ0) is 7.02. The van der Waals surface area contributed by atoms with E-state index in [4.69, 9.17) is 0 Å². The van der Waals surface area contributed by atoms with Gasteiger partial charge in [0.15, 0.2) is 0 Å². The van der Waals surface area contributed by atoms with Gasteiger partial charge < -0.3 is 0 Å². The molecule has 0 aliphatic carbocycles. The molecule has 0 bridgehead atoms. The summed E-state index contributed by atoms with van der Waals surface area (Å²) in [6, 6.07) is 0. The average Bonchev–Trinajstić information content (AvgIpc) is 1.98. The molecule has 1 heterocycles. The van der Waals surface area contributed by atoms with Crippen LogP contribution in [0.15, 0.2) is 15.9 Å². The molecular formula is C6H8NOP. The molecule has 0 radical (unpaired) electrons. The van der Waals surface area contributed by atoms with E-state index in [-0.39, 0.29) is 5.91 Å². The van der Waals surface area contributed by atoms with Gasteiger partial charge in [0.05, 0.1) is 0 Å². The third kappa shape index (κ3) is 0.948. The molecule has 1 unspecified atom stereocenters. The summed E-state index contributed by atoms with van der Waals surface area (Å²) < 4.78 is 0. The van der Waals surface area contributed by atoms with E-state index in [1.54, 1.807) is 0 Å². The Bertz CT molecular complexity index is 227. The van der Waals surface area contributed by atoms with Crippen molar-refractivity contribution in [2.45, 2.75) is 13.8 Å². The molecule has 0 saturated carbocycles. The summed E-state index contributed by atoms with van der Waals surface area (Å²) in [5, 5.41) is 0.701. The fourth-order valence-electron chi connectivity index (χ4n) is 0.652. The lowest BCUT2D eigenvalue weighted by molar-refractivity contribution is -0.113. The quantitative estimate of drug-likeness (QED) is 0.465. The smallest absolute Gasteiger partial charge is 0.267 e. The molecule has 1 amide bonds. The Hall–Kier alpha value is -0.490. The van der Waals surface area contributed by atoms with Gasteiger partial charge >= 0.3 is 0 Å². The van der Waals surface area contributed by atoms with Gasteiger partial charge in [-0.25, -0.2) is 4.99 Å². The number of amides is 1. The highest BCUT2D eigenvalue weighted by Crippen LogP contribution is 2.20. The van der Waals surface area contributed by atoms with Gasteiger partial charge in [-0.1, -0.05) is 9.24 Å². The molecule has 1 aliphatic heterocycles. The van der Waals surface area contributed by atoms with E-state index in [1.165, 1.54) is 0 Å². The van der Waals surface area contributed by atoms with Crippen LogP contribution in [0.2, 0.25) is 0 Å². The summed E-state index contributed by atoms with van der Waals surface area (Å²) in [7, 11) is 2.39. The Morgan fingerprint density at radius 1 is 1.44 bits per heavy atom. The first-order valence-corrected chi connectivity index (χ1v) is 3.27. The zero-order valence-corrected chi connectivity index (χ0v) is 6.59. The first kappa shape index (κ1) is 6.63.